The maximum Gasteiger partial charge on any atom is 0.319 e. The molecule has 8 heteroatoms. The van der Waals surface area contributed by atoms with Gasteiger partial charge in [0.2, 0.25) is 5.95 Å². The summed E-state index contributed by atoms with van der Waals surface area (Å²) < 4.78 is 5.46. The molecule has 7 nitrogen and oxygen atoms in total. The average Bonchev–Trinajstić information content (AvgIpc) is 3.23. The molecule has 0 spiro atoms. The first-order valence-electron chi connectivity index (χ1n) is 10.1. The van der Waals surface area contributed by atoms with Gasteiger partial charge in [0.1, 0.15) is 0 Å². The number of carbonyl (C=O) groups excluding carboxylic acids is 1. The molecule has 2 aliphatic heterocycles. The Kier molecular flexibility index (Phi) is 6.51. The van der Waals surface area contributed by atoms with Crippen LogP contribution in [0, 0.1) is 0 Å². The van der Waals surface area contributed by atoms with Crippen LogP contribution in [0.1, 0.15) is 30.9 Å². The SMILES string of the molecule is CSc1cccc(NC(=O)NC2CCN(c3nccc(C4CCOCC4)n3)C2)c1. The Balaban J connectivity index is 1.32. The zero-order chi connectivity index (χ0) is 20.1. The minimum absolute atomic E-state index is 0.0778. The number of aromatic nitrogens is 2. The van der Waals surface area contributed by atoms with Gasteiger partial charge in [-0.2, -0.15) is 0 Å². The van der Waals surface area contributed by atoms with E-state index < -0.39 is 0 Å². The highest BCUT2D eigenvalue weighted by molar-refractivity contribution is 7.98. The topological polar surface area (TPSA) is 79.4 Å². The van der Waals surface area contributed by atoms with Crippen molar-refractivity contribution in [1.82, 2.24) is 15.3 Å². The number of nitrogens with zero attached hydrogens (tertiary/aromatic N) is 3. The van der Waals surface area contributed by atoms with E-state index in [1.165, 1.54) is 0 Å². The lowest BCUT2D eigenvalue weighted by molar-refractivity contribution is 0.0845. The molecule has 2 saturated heterocycles. The number of nitrogens with one attached hydrogen (secondary N) is 2. The minimum atomic E-state index is -0.174. The molecule has 1 atom stereocenters. The fourth-order valence-electron chi connectivity index (χ4n) is 3.85. The minimum Gasteiger partial charge on any atom is -0.381 e. The molecule has 0 aliphatic carbocycles. The lowest BCUT2D eigenvalue weighted by atomic mass is 9.96. The standard InChI is InChI=1S/C21H27N5O2S/c1-29-18-4-2-3-16(13-18)23-21(27)24-17-6-10-26(14-17)20-22-9-5-19(25-20)15-7-11-28-12-8-15/h2-5,9,13,15,17H,6-8,10-12,14H2,1H3,(H2,23,24,27). The first kappa shape index (κ1) is 20.0. The van der Waals surface area contributed by atoms with E-state index in [0.717, 1.165) is 67.8 Å². The predicted octanol–water partition coefficient (Wildman–Crippen LogP) is 3.49. The van der Waals surface area contributed by atoms with Gasteiger partial charge in [0.25, 0.3) is 0 Å². The molecule has 2 amide bonds. The fourth-order valence-corrected chi connectivity index (χ4v) is 4.31. The zero-order valence-corrected chi connectivity index (χ0v) is 17.5. The van der Waals surface area contributed by atoms with Crippen LogP contribution in [0.4, 0.5) is 16.4 Å². The van der Waals surface area contributed by atoms with Crippen molar-refractivity contribution in [3.63, 3.8) is 0 Å². The number of urea groups is 1. The number of thioether (sulfide) groups is 1. The highest BCUT2D eigenvalue weighted by Gasteiger charge is 2.26. The Hall–Kier alpha value is -2.32. The third-order valence-electron chi connectivity index (χ3n) is 5.44. The van der Waals surface area contributed by atoms with Crippen LogP contribution in [0.2, 0.25) is 0 Å². The van der Waals surface area contributed by atoms with Crippen molar-refractivity contribution < 1.29 is 9.53 Å². The first-order chi connectivity index (χ1) is 14.2. The van der Waals surface area contributed by atoms with Gasteiger partial charge in [-0.05, 0) is 49.8 Å². The van der Waals surface area contributed by atoms with E-state index in [1.54, 1.807) is 11.8 Å². The van der Waals surface area contributed by atoms with Crippen LogP contribution < -0.4 is 15.5 Å². The van der Waals surface area contributed by atoms with Crippen molar-refractivity contribution in [2.45, 2.75) is 36.1 Å². The van der Waals surface area contributed by atoms with Crippen LogP contribution in [0.5, 0.6) is 0 Å². The van der Waals surface area contributed by atoms with Crippen LogP contribution in [-0.2, 0) is 4.74 Å². The number of amides is 2. The number of carbonyl (C=O) groups is 1. The molecule has 3 heterocycles. The van der Waals surface area contributed by atoms with Crippen LogP contribution >= 0.6 is 11.8 Å². The molecule has 2 fully saturated rings. The van der Waals surface area contributed by atoms with E-state index in [-0.39, 0.29) is 12.1 Å². The van der Waals surface area contributed by atoms with E-state index in [1.807, 2.05) is 42.8 Å². The molecule has 0 saturated carbocycles. The number of hydrogen-bond acceptors (Lipinski definition) is 6. The van der Waals surface area contributed by atoms with Gasteiger partial charge in [0.05, 0.1) is 0 Å². The van der Waals surface area contributed by atoms with Crippen LogP contribution in [0.25, 0.3) is 0 Å². The Bertz CT molecular complexity index is 843. The van der Waals surface area contributed by atoms with Gasteiger partial charge in [-0.15, -0.1) is 11.8 Å². The van der Waals surface area contributed by atoms with E-state index in [2.05, 4.69) is 20.5 Å². The van der Waals surface area contributed by atoms with Crippen LogP contribution in [0.15, 0.2) is 41.4 Å². The largest absolute Gasteiger partial charge is 0.381 e. The molecule has 0 bridgehead atoms. The molecule has 154 valence electrons. The maximum absolute atomic E-state index is 12.4. The summed E-state index contributed by atoms with van der Waals surface area (Å²) in [5.41, 5.74) is 1.90. The molecule has 4 rings (SSSR count). The lowest BCUT2D eigenvalue weighted by Crippen LogP contribution is -2.40. The van der Waals surface area contributed by atoms with Gasteiger partial charge < -0.3 is 20.3 Å². The summed E-state index contributed by atoms with van der Waals surface area (Å²) in [5, 5.41) is 6.00. The Morgan fingerprint density at radius 1 is 1.24 bits per heavy atom. The summed E-state index contributed by atoms with van der Waals surface area (Å²) in [5.74, 6) is 1.20. The third-order valence-corrected chi connectivity index (χ3v) is 6.16. The molecule has 1 aromatic carbocycles. The number of rotatable bonds is 5. The zero-order valence-electron chi connectivity index (χ0n) is 16.6. The normalized spacial score (nSPS) is 19.9. The summed E-state index contributed by atoms with van der Waals surface area (Å²) >= 11 is 1.65. The Morgan fingerprint density at radius 3 is 2.93 bits per heavy atom. The van der Waals surface area contributed by atoms with E-state index in [4.69, 9.17) is 9.72 Å². The molecule has 1 unspecified atom stereocenters. The van der Waals surface area contributed by atoms with E-state index in [9.17, 15) is 4.79 Å². The van der Waals surface area contributed by atoms with Gasteiger partial charge in [-0.25, -0.2) is 14.8 Å². The molecular weight excluding hydrogens is 386 g/mol. The molecule has 2 N–H and O–H groups in total. The van der Waals surface area contributed by atoms with Crippen molar-refractivity contribution in [3.8, 4) is 0 Å². The second kappa shape index (κ2) is 9.45. The van der Waals surface area contributed by atoms with Gasteiger partial charge in [0.15, 0.2) is 0 Å². The monoisotopic (exact) mass is 413 g/mol. The van der Waals surface area contributed by atoms with Gasteiger partial charge in [-0.3, -0.25) is 0 Å². The highest BCUT2D eigenvalue weighted by atomic mass is 32.2. The predicted molar refractivity (Wildman–Crippen MR) is 116 cm³/mol. The third kappa shape index (κ3) is 5.19. The van der Waals surface area contributed by atoms with Gasteiger partial charge >= 0.3 is 6.03 Å². The summed E-state index contributed by atoms with van der Waals surface area (Å²) in [6.07, 6.45) is 6.77. The fraction of sp³-hybridized carbons (Fsp3) is 0.476. The molecule has 2 aliphatic rings. The van der Waals surface area contributed by atoms with Crippen molar-refractivity contribution in [2.24, 2.45) is 0 Å². The number of ether oxygens (including phenoxy) is 1. The van der Waals surface area contributed by atoms with Crippen LogP contribution in [0.3, 0.4) is 0 Å². The molecule has 1 aromatic heterocycles. The average molecular weight is 414 g/mol. The number of anilines is 2. The Morgan fingerprint density at radius 2 is 2.10 bits per heavy atom. The molecule has 29 heavy (non-hydrogen) atoms. The Labute approximate surface area is 175 Å². The smallest absolute Gasteiger partial charge is 0.319 e. The summed E-state index contributed by atoms with van der Waals surface area (Å²) in [6, 6.07) is 9.76. The van der Waals surface area contributed by atoms with Crippen molar-refractivity contribution in [2.75, 3.05) is 42.8 Å². The van der Waals surface area contributed by atoms with Gasteiger partial charge in [0, 0.05) is 60.7 Å². The summed E-state index contributed by atoms with van der Waals surface area (Å²) in [4.78, 5) is 24.9. The summed E-state index contributed by atoms with van der Waals surface area (Å²) in [7, 11) is 0. The van der Waals surface area contributed by atoms with Crippen LogP contribution in [-0.4, -0.2) is 54.6 Å². The van der Waals surface area contributed by atoms with E-state index in [0.29, 0.717) is 5.92 Å². The second-order valence-corrected chi connectivity index (χ2v) is 8.31. The molecule has 2 aromatic rings. The lowest BCUT2D eigenvalue weighted by Gasteiger charge is -2.23. The summed E-state index contributed by atoms with van der Waals surface area (Å²) in [6.45, 7) is 3.16. The number of hydrogen-bond donors (Lipinski definition) is 2. The number of benzene rings is 1. The molecule has 0 radical (unpaired) electrons. The van der Waals surface area contributed by atoms with Crippen molar-refractivity contribution in [3.05, 3.63) is 42.2 Å². The van der Waals surface area contributed by atoms with Crippen molar-refractivity contribution in [1.29, 1.82) is 0 Å². The second-order valence-electron chi connectivity index (χ2n) is 7.43. The maximum atomic E-state index is 12.4. The van der Waals surface area contributed by atoms with Gasteiger partial charge in [-0.1, -0.05) is 6.07 Å². The quantitative estimate of drug-likeness (QED) is 0.731. The van der Waals surface area contributed by atoms with Crippen molar-refractivity contribution >= 4 is 29.4 Å². The van der Waals surface area contributed by atoms with E-state index >= 15 is 0 Å². The highest BCUT2D eigenvalue weighted by Crippen LogP contribution is 2.27. The first-order valence-corrected chi connectivity index (χ1v) is 11.3. The molecular formula is C21H27N5O2S.